The number of hydrogen-bond donors (Lipinski definition) is 1. The van der Waals surface area contributed by atoms with Crippen molar-refractivity contribution in [2.45, 2.75) is 17.6 Å². The van der Waals surface area contributed by atoms with Gasteiger partial charge in [0.25, 0.3) is 0 Å². The number of hydrogen-bond acceptors (Lipinski definition) is 3. The van der Waals surface area contributed by atoms with Crippen molar-refractivity contribution in [3.8, 4) is 0 Å². The molecule has 1 aromatic carbocycles. The van der Waals surface area contributed by atoms with E-state index < -0.39 is 11.2 Å². The largest absolute Gasteiger partial charge is 0.611 e. The SMILES string of the molecule is Cc1ccncc1C[S+]([O-])c1ccc(N)cc1. The third-order valence-electron chi connectivity index (χ3n) is 2.58. The number of anilines is 1. The van der Waals surface area contributed by atoms with Crippen molar-refractivity contribution in [2.75, 3.05) is 5.73 Å². The molecule has 0 saturated carbocycles. The van der Waals surface area contributed by atoms with Gasteiger partial charge >= 0.3 is 0 Å². The van der Waals surface area contributed by atoms with Crippen LogP contribution >= 0.6 is 0 Å². The molecule has 2 N–H and O–H groups in total. The summed E-state index contributed by atoms with van der Waals surface area (Å²) in [6, 6.07) is 9.07. The van der Waals surface area contributed by atoms with Gasteiger partial charge in [-0.2, -0.15) is 0 Å². The third-order valence-corrected chi connectivity index (χ3v) is 3.95. The zero-order chi connectivity index (χ0) is 12.3. The molecule has 4 heteroatoms. The van der Waals surface area contributed by atoms with E-state index in [1.165, 1.54) is 0 Å². The molecule has 2 aromatic rings. The summed E-state index contributed by atoms with van der Waals surface area (Å²) in [6.45, 7) is 2.00. The Bertz CT molecular complexity index is 499. The number of aromatic nitrogens is 1. The predicted molar refractivity (Wildman–Crippen MR) is 69.9 cm³/mol. The maximum absolute atomic E-state index is 12.1. The van der Waals surface area contributed by atoms with Crippen LogP contribution in [0.4, 0.5) is 5.69 Å². The van der Waals surface area contributed by atoms with E-state index in [1.807, 2.05) is 13.0 Å². The summed E-state index contributed by atoms with van der Waals surface area (Å²) in [4.78, 5) is 4.85. The van der Waals surface area contributed by atoms with Gasteiger partial charge in [0.15, 0.2) is 4.90 Å². The molecule has 3 nitrogen and oxygen atoms in total. The minimum atomic E-state index is -1.05. The van der Waals surface area contributed by atoms with E-state index in [0.717, 1.165) is 16.0 Å². The molecule has 0 amide bonds. The number of benzene rings is 1. The van der Waals surface area contributed by atoms with Gasteiger partial charge in [0, 0.05) is 23.6 Å². The van der Waals surface area contributed by atoms with Crippen LogP contribution in [0.2, 0.25) is 0 Å². The first-order valence-electron chi connectivity index (χ1n) is 5.30. The van der Waals surface area contributed by atoms with Crippen LogP contribution in [-0.4, -0.2) is 9.54 Å². The van der Waals surface area contributed by atoms with Gasteiger partial charge in [-0.1, -0.05) is 0 Å². The van der Waals surface area contributed by atoms with Crippen LogP contribution in [0.5, 0.6) is 0 Å². The lowest BCUT2D eigenvalue weighted by Crippen LogP contribution is -2.06. The molecule has 0 spiro atoms. The van der Waals surface area contributed by atoms with Crippen molar-refractivity contribution in [2.24, 2.45) is 0 Å². The minimum absolute atomic E-state index is 0.490. The number of nitrogens with zero attached hydrogens (tertiary/aromatic N) is 1. The standard InChI is InChI=1S/C13H14N2OS/c1-10-6-7-15-8-11(10)9-17(16)13-4-2-12(14)3-5-13/h2-8H,9,14H2,1H3. The highest BCUT2D eigenvalue weighted by atomic mass is 32.2. The predicted octanol–water partition coefficient (Wildman–Crippen LogP) is 2.28. The molecular weight excluding hydrogens is 232 g/mol. The third kappa shape index (κ3) is 2.99. The van der Waals surface area contributed by atoms with E-state index in [2.05, 4.69) is 4.98 Å². The number of nitrogen functional groups attached to an aromatic ring is 1. The number of pyridine rings is 1. The summed E-state index contributed by atoms with van der Waals surface area (Å²) in [6.07, 6.45) is 3.51. The van der Waals surface area contributed by atoms with Gasteiger partial charge in [-0.05, 0) is 54.0 Å². The van der Waals surface area contributed by atoms with Crippen LogP contribution in [0.15, 0.2) is 47.6 Å². The number of aryl methyl sites for hydroxylation is 1. The Kier molecular flexibility index (Phi) is 3.66. The lowest BCUT2D eigenvalue weighted by Gasteiger charge is -2.11. The molecule has 1 heterocycles. The quantitative estimate of drug-likeness (QED) is 0.667. The highest BCUT2D eigenvalue weighted by Crippen LogP contribution is 2.18. The van der Waals surface area contributed by atoms with Gasteiger partial charge in [-0.3, -0.25) is 4.98 Å². The van der Waals surface area contributed by atoms with Gasteiger partial charge < -0.3 is 10.3 Å². The van der Waals surface area contributed by atoms with E-state index in [1.54, 1.807) is 36.7 Å². The van der Waals surface area contributed by atoms with Crippen LogP contribution in [0.3, 0.4) is 0 Å². The second-order valence-corrected chi connectivity index (χ2v) is 5.31. The lowest BCUT2D eigenvalue weighted by molar-refractivity contribution is 0.594. The van der Waals surface area contributed by atoms with Crippen LogP contribution in [0.1, 0.15) is 11.1 Å². The van der Waals surface area contributed by atoms with Gasteiger partial charge in [0.1, 0.15) is 5.75 Å². The van der Waals surface area contributed by atoms with Crippen molar-refractivity contribution < 1.29 is 4.55 Å². The van der Waals surface area contributed by atoms with Crippen LogP contribution in [0, 0.1) is 6.92 Å². The molecule has 0 aliphatic rings. The molecule has 1 aromatic heterocycles. The van der Waals surface area contributed by atoms with Crippen LogP contribution in [0.25, 0.3) is 0 Å². The Morgan fingerprint density at radius 1 is 1.24 bits per heavy atom. The molecule has 0 aliphatic heterocycles. The number of nitrogens with two attached hydrogens (primary N) is 1. The van der Waals surface area contributed by atoms with E-state index in [9.17, 15) is 4.55 Å². The van der Waals surface area contributed by atoms with E-state index >= 15 is 0 Å². The summed E-state index contributed by atoms with van der Waals surface area (Å²) in [5.74, 6) is 0.490. The fourth-order valence-electron chi connectivity index (χ4n) is 1.49. The van der Waals surface area contributed by atoms with Crippen molar-refractivity contribution in [1.29, 1.82) is 0 Å². The van der Waals surface area contributed by atoms with E-state index in [4.69, 9.17) is 5.73 Å². The molecule has 1 unspecified atom stereocenters. The first kappa shape index (κ1) is 12.0. The molecule has 0 aliphatic carbocycles. The Morgan fingerprint density at radius 3 is 2.59 bits per heavy atom. The Morgan fingerprint density at radius 2 is 1.94 bits per heavy atom. The maximum atomic E-state index is 12.1. The molecule has 1 atom stereocenters. The van der Waals surface area contributed by atoms with Crippen molar-refractivity contribution >= 4 is 16.9 Å². The van der Waals surface area contributed by atoms with Gasteiger partial charge in [0.2, 0.25) is 0 Å². The van der Waals surface area contributed by atoms with Crippen molar-refractivity contribution in [3.05, 3.63) is 53.9 Å². The first-order valence-corrected chi connectivity index (χ1v) is 6.62. The zero-order valence-corrected chi connectivity index (χ0v) is 10.4. The summed E-state index contributed by atoms with van der Waals surface area (Å²) in [5, 5.41) is 0. The molecule has 88 valence electrons. The van der Waals surface area contributed by atoms with Gasteiger partial charge in [0.05, 0.1) is 0 Å². The average molecular weight is 246 g/mol. The van der Waals surface area contributed by atoms with E-state index in [-0.39, 0.29) is 0 Å². The second kappa shape index (κ2) is 5.21. The summed E-state index contributed by atoms with van der Waals surface area (Å²) in [7, 11) is 0. The molecule has 0 bridgehead atoms. The van der Waals surface area contributed by atoms with Crippen LogP contribution < -0.4 is 5.73 Å². The topological polar surface area (TPSA) is 62.0 Å². The molecule has 2 rings (SSSR count). The normalized spacial score (nSPS) is 12.4. The van der Waals surface area contributed by atoms with Gasteiger partial charge in [-0.15, -0.1) is 0 Å². The summed E-state index contributed by atoms with van der Waals surface area (Å²) in [5.41, 5.74) is 8.41. The smallest absolute Gasteiger partial charge is 0.153 e. The lowest BCUT2D eigenvalue weighted by atomic mass is 10.2. The molecular formula is C13H14N2OS. The van der Waals surface area contributed by atoms with Crippen molar-refractivity contribution in [3.63, 3.8) is 0 Å². The molecule has 0 radical (unpaired) electrons. The Hall–Kier alpha value is -1.52. The highest BCUT2D eigenvalue weighted by Gasteiger charge is 2.13. The maximum Gasteiger partial charge on any atom is 0.153 e. The first-order chi connectivity index (χ1) is 8.16. The fraction of sp³-hybridized carbons (Fsp3) is 0.154. The van der Waals surface area contributed by atoms with Gasteiger partial charge in [-0.25, -0.2) is 0 Å². The van der Waals surface area contributed by atoms with E-state index in [0.29, 0.717) is 11.4 Å². The minimum Gasteiger partial charge on any atom is -0.611 e. The fourth-order valence-corrected chi connectivity index (χ4v) is 2.68. The zero-order valence-electron chi connectivity index (χ0n) is 9.59. The van der Waals surface area contributed by atoms with Crippen LogP contribution in [-0.2, 0) is 16.9 Å². The Labute approximate surface area is 104 Å². The molecule has 17 heavy (non-hydrogen) atoms. The number of rotatable bonds is 3. The monoisotopic (exact) mass is 246 g/mol. The molecule has 0 saturated heterocycles. The van der Waals surface area contributed by atoms with Crippen molar-refractivity contribution in [1.82, 2.24) is 4.98 Å². The molecule has 0 fully saturated rings. The average Bonchev–Trinajstić information content (AvgIpc) is 2.33. The summed E-state index contributed by atoms with van der Waals surface area (Å²) >= 11 is -1.05. The highest BCUT2D eigenvalue weighted by molar-refractivity contribution is 7.90. The summed E-state index contributed by atoms with van der Waals surface area (Å²) < 4.78 is 12.1. The second-order valence-electron chi connectivity index (χ2n) is 3.86. The Balaban J connectivity index is 2.14.